The second-order valence-electron chi connectivity index (χ2n) is 6.69. The Bertz CT molecular complexity index is 898. The van der Waals surface area contributed by atoms with E-state index in [1.807, 2.05) is 11.0 Å². The van der Waals surface area contributed by atoms with Crippen LogP contribution in [0.25, 0.3) is 10.9 Å². The second-order valence-corrected chi connectivity index (χ2v) is 8.92. The molecule has 4 rings (SSSR count). The van der Waals surface area contributed by atoms with E-state index in [-0.39, 0.29) is 23.3 Å². The summed E-state index contributed by atoms with van der Waals surface area (Å²) in [5.74, 6) is -0.191. The number of para-hydroxylation sites is 1. The highest BCUT2D eigenvalue weighted by molar-refractivity contribution is 7.91. The molecular weight excluding hydrogens is 312 g/mol. The zero-order valence-electron chi connectivity index (χ0n) is 13.1. The summed E-state index contributed by atoms with van der Waals surface area (Å²) in [5.41, 5.74) is 4.74. The third kappa shape index (κ3) is 2.45. The number of nitrogens with zero attached hydrogens (tertiary/aromatic N) is 1. The molecule has 0 aliphatic carbocycles. The second kappa shape index (κ2) is 5.09. The van der Waals surface area contributed by atoms with Crippen molar-refractivity contribution in [2.24, 2.45) is 5.92 Å². The van der Waals surface area contributed by atoms with Crippen molar-refractivity contribution in [2.75, 3.05) is 18.1 Å². The van der Waals surface area contributed by atoms with Crippen molar-refractivity contribution < 1.29 is 13.2 Å². The Labute approximate surface area is 135 Å². The maximum atomic E-state index is 12.7. The van der Waals surface area contributed by atoms with Crippen LogP contribution in [0.3, 0.4) is 0 Å². The van der Waals surface area contributed by atoms with Gasteiger partial charge in [0.1, 0.15) is 0 Å². The van der Waals surface area contributed by atoms with E-state index in [0.717, 1.165) is 11.9 Å². The van der Waals surface area contributed by atoms with Gasteiger partial charge in [-0.3, -0.25) is 4.79 Å². The number of aryl methyl sites for hydroxylation is 1. The van der Waals surface area contributed by atoms with E-state index in [1.54, 1.807) is 0 Å². The van der Waals surface area contributed by atoms with Gasteiger partial charge in [0, 0.05) is 41.7 Å². The lowest BCUT2D eigenvalue weighted by Gasteiger charge is -2.29. The van der Waals surface area contributed by atoms with E-state index in [1.165, 1.54) is 22.2 Å². The Kier molecular flexibility index (Phi) is 3.27. The van der Waals surface area contributed by atoms with Gasteiger partial charge in [0.2, 0.25) is 5.91 Å². The fraction of sp³-hybridized carbons (Fsp3) is 0.471. The minimum atomic E-state index is -3.02. The topological polar surface area (TPSA) is 70.2 Å². The summed E-state index contributed by atoms with van der Waals surface area (Å²) in [5, 5.41) is 1.18. The summed E-state index contributed by atoms with van der Waals surface area (Å²) in [6, 6.07) is 6.21. The summed E-state index contributed by atoms with van der Waals surface area (Å²) < 4.78 is 23.2. The largest absolute Gasteiger partial charge is 0.358 e. The summed E-state index contributed by atoms with van der Waals surface area (Å²) in [4.78, 5) is 18.0. The van der Waals surface area contributed by atoms with E-state index in [0.29, 0.717) is 19.5 Å². The molecule has 0 radical (unpaired) electrons. The van der Waals surface area contributed by atoms with E-state index < -0.39 is 9.84 Å². The lowest BCUT2D eigenvalue weighted by Crippen LogP contribution is -2.40. The predicted octanol–water partition coefficient (Wildman–Crippen LogP) is 1.80. The Morgan fingerprint density at radius 3 is 2.91 bits per heavy atom. The summed E-state index contributed by atoms with van der Waals surface area (Å²) in [6.07, 6.45) is 1.27. The van der Waals surface area contributed by atoms with Crippen molar-refractivity contribution >= 4 is 26.6 Å². The van der Waals surface area contributed by atoms with Gasteiger partial charge in [0.15, 0.2) is 9.84 Å². The molecule has 5 nitrogen and oxygen atoms in total. The lowest BCUT2D eigenvalue weighted by molar-refractivity contribution is -0.135. The quantitative estimate of drug-likeness (QED) is 0.865. The smallest absolute Gasteiger partial charge is 0.227 e. The molecule has 23 heavy (non-hydrogen) atoms. The van der Waals surface area contributed by atoms with Crippen molar-refractivity contribution in [1.29, 1.82) is 0 Å². The van der Waals surface area contributed by atoms with Crippen LogP contribution in [-0.2, 0) is 27.6 Å². The van der Waals surface area contributed by atoms with Gasteiger partial charge in [-0.1, -0.05) is 18.2 Å². The molecule has 3 heterocycles. The molecule has 6 heteroatoms. The highest BCUT2D eigenvalue weighted by Crippen LogP contribution is 2.31. The summed E-state index contributed by atoms with van der Waals surface area (Å²) in [7, 11) is -3.02. The summed E-state index contributed by atoms with van der Waals surface area (Å²) in [6.45, 7) is 3.32. The van der Waals surface area contributed by atoms with Gasteiger partial charge in [-0.2, -0.15) is 0 Å². The molecule has 1 atom stereocenters. The van der Waals surface area contributed by atoms with Crippen LogP contribution >= 0.6 is 0 Å². The number of hydrogen-bond donors (Lipinski definition) is 1. The van der Waals surface area contributed by atoms with Crippen LogP contribution in [0.2, 0.25) is 0 Å². The number of benzene rings is 1. The first-order chi connectivity index (χ1) is 10.9. The molecule has 1 aromatic heterocycles. The Morgan fingerprint density at radius 1 is 1.35 bits per heavy atom. The average molecular weight is 332 g/mol. The number of fused-ring (bicyclic) bond motifs is 3. The van der Waals surface area contributed by atoms with Gasteiger partial charge in [0.05, 0.1) is 17.4 Å². The molecule has 1 fully saturated rings. The third-order valence-electron chi connectivity index (χ3n) is 5.11. The van der Waals surface area contributed by atoms with Gasteiger partial charge in [0.25, 0.3) is 0 Å². The SMILES string of the molecule is Cc1cccc2c3c([nH]c12)CCN(C(=O)C1CCS(=O)(=O)C1)C3. The molecule has 2 aromatic rings. The standard InChI is InChI=1S/C17H20N2O3S/c1-11-3-2-4-13-14-9-19(7-5-15(14)18-16(11)13)17(20)12-6-8-23(21,22)10-12/h2-4,12,18H,5-10H2,1H3. The molecule has 0 saturated carbocycles. The number of carbonyl (C=O) groups excluding carboxylic acids is 1. The molecule has 1 saturated heterocycles. The van der Waals surface area contributed by atoms with Crippen molar-refractivity contribution in [3.63, 3.8) is 0 Å². The Morgan fingerprint density at radius 2 is 2.17 bits per heavy atom. The van der Waals surface area contributed by atoms with Crippen molar-refractivity contribution in [3.8, 4) is 0 Å². The fourth-order valence-electron chi connectivity index (χ4n) is 3.82. The number of hydrogen-bond acceptors (Lipinski definition) is 3. The molecule has 1 amide bonds. The van der Waals surface area contributed by atoms with Gasteiger partial charge in [-0.05, 0) is 18.9 Å². The first kappa shape index (κ1) is 14.8. The van der Waals surface area contributed by atoms with E-state index in [4.69, 9.17) is 0 Å². The Balaban J connectivity index is 1.63. The normalized spacial score (nSPS) is 23.2. The predicted molar refractivity (Wildman–Crippen MR) is 88.9 cm³/mol. The van der Waals surface area contributed by atoms with E-state index in [2.05, 4.69) is 24.0 Å². The fourth-order valence-corrected chi connectivity index (χ4v) is 5.55. The third-order valence-corrected chi connectivity index (χ3v) is 6.88. The van der Waals surface area contributed by atoms with Crippen LogP contribution in [-0.4, -0.2) is 42.3 Å². The van der Waals surface area contributed by atoms with Crippen LogP contribution in [0.15, 0.2) is 18.2 Å². The molecule has 0 spiro atoms. The van der Waals surface area contributed by atoms with Gasteiger partial charge < -0.3 is 9.88 Å². The monoisotopic (exact) mass is 332 g/mol. The molecule has 2 aliphatic heterocycles. The number of aromatic nitrogens is 1. The molecule has 0 bridgehead atoms. The number of carbonyl (C=O) groups is 1. The van der Waals surface area contributed by atoms with Gasteiger partial charge in [-0.25, -0.2) is 8.42 Å². The zero-order chi connectivity index (χ0) is 16.2. The Hall–Kier alpha value is -1.82. The molecule has 122 valence electrons. The van der Waals surface area contributed by atoms with Crippen LogP contribution in [0.5, 0.6) is 0 Å². The number of aromatic amines is 1. The van der Waals surface area contributed by atoms with E-state index in [9.17, 15) is 13.2 Å². The van der Waals surface area contributed by atoms with Gasteiger partial charge in [-0.15, -0.1) is 0 Å². The van der Waals surface area contributed by atoms with Gasteiger partial charge >= 0.3 is 0 Å². The number of sulfone groups is 1. The van der Waals surface area contributed by atoms with Crippen molar-refractivity contribution in [1.82, 2.24) is 9.88 Å². The number of nitrogens with one attached hydrogen (secondary N) is 1. The number of rotatable bonds is 1. The molecule has 1 aromatic carbocycles. The summed E-state index contributed by atoms with van der Waals surface area (Å²) >= 11 is 0. The van der Waals surface area contributed by atoms with Crippen LogP contribution < -0.4 is 0 Å². The number of H-pyrrole nitrogens is 1. The highest BCUT2D eigenvalue weighted by Gasteiger charge is 2.36. The minimum Gasteiger partial charge on any atom is -0.358 e. The first-order valence-electron chi connectivity index (χ1n) is 8.03. The average Bonchev–Trinajstić information content (AvgIpc) is 3.07. The highest BCUT2D eigenvalue weighted by atomic mass is 32.2. The maximum Gasteiger partial charge on any atom is 0.227 e. The molecule has 1 N–H and O–H groups in total. The molecule has 2 aliphatic rings. The van der Waals surface area contributed by atoms with Crippen LogP contribution in [0, 0.1) is 12.8 Å². The minimum absolute atomic E-state index is 0.00118. The lowest BCUT2D eigenvalue weighted by atomic mass is 10.0. The van der Waals surface area contributed by atoms with Crippen molar-refractivity contribution in [2.45, 2.75) is 26.3 Å². The first-order valence-corrected chi connectivity index (χ1v) is 9.85. The maximum absolute atomic E-state index is 12.7. The zero-order valence-corrected chi connectivity index (χ0v) is 13.9. The number of amides is 1. The van der Waals surface area contributed by atoms with E-state index >= 15 is 0 Å². The van der Waals surface area contributed by atoms with Crippen LogP contribution in [0.1, 0.15) is 23.2 Å². The van der Waals surface area contributed by atoms with Crippen LogP contribution in [0.4, 0.5) is 0 Å². The molecule has 1 unspecified atom stereocenters. The molecular formula is C17H20N2O3S. The van der Waals surface area contributed by atoms with Crippen molar-refractivity contribution in [3.05, 3.63) is 35.0 Å².